The molecule has 1 aromatic heterocycles. The summed E-state index contributed by atoms with van der Waals surface area (Å²) in [6.45, 7) is 1.50. The topological polar surface area (TPSA) is 128 Å². The molecular weight excluding hydrogens is 509 g/mol. The van der Waals surface area contributed by atoms with E-state index >= 15 is 4.39 Å². The number of rotatable bonds is 7. The molecule has 39 heavy (non-hydrogen) atoms. The number of fused-ring (bicyclic) bond motifs is 1. The van der Waals surface area contributed by atoms with Gasteiger partial charge >= 0.3 is 0 Å². The highest BCUT2D eigenvalue weighted by Gasteiger charge is 2.29. The predicted octanol–water partition coefficient (Wildman–Crippen LogP) is 2.07. The number of aromatic nitrogens is 1. The van der Waals surface area contributed by atoms with Crippen LogP contribution in [-0.4, -0.2) is 68.8 Å². The lowest BCUT2D eigenvalue weighted by molar-refractivity contribution is 0.0745. The fraction of sp³-hybridized carbons (Fsp3) is 0.370. The van der Waals surface area contributed by atoms with Crippen LogP contribution in [-0.2, 0) is 0 Å². The maximum absolute atomic E-state index is 15.4. The van der Waals surface area contributed by atoms with Crippen molar-refractivity contribution < 1.29 is 28.2 Å². The number of nitrogens with two attached hydrogens (primary N) is 1. The Kier molecular flexibility index (Phi) is 7.04. The molecule has 1 aliphatic carbocycles. The second kappa shape index (κ2) is 10.4. The van der Waals surface area contributed by atoms with Gasteiger partial charge in [0.2, 0.25) is 11.2 Å². The molecule has 206 valence electrons. The van der Waals surface area contributed by atoms with E-state index in [9.17, 15) is 14.4 Å². The molecule has 3 N–H and O–H groups in total. The average molecular weight is 540 g/mol. The summed E-state index contributed by atoms with van der Waals surface area (Å²) < 4.78 is 33.3. The SMILES string of the molecule is COc1cc(C(=O)N2CCN(c3cc4c(cc3F)c(=O)c(C(=O)NN)cn4C3CC3)CC2)cc(OC)c1OC. The third-order valence-corrected chi connectivity index (χ3v) is 7.24. The summed E-state index contributed by atoms with van der Waals surface area (Å²) in [5, 5.41) is 0.125. The fourth-order valence-electron chi connectivity index (χ4n) is 5.03. The van der Waals surface area contributed by atoms with E-state index in [0.717, 1.165) is 12.8 Å². The number of nitrogen functional groups attached to an aromatic ring is 1. The molecule has 2 aromatic carbocycles. The number of halogens is 1. The smallest absolute Gasteiger partial charge is 0.270 e. The maximum atomic E-state index is 15.4. The van der Waals surface area contributed by atoms with Crippen LogP contribution in [0.5, 0.6) is 17.2 Å². The molecule has 2 amide bonds. The zero-order valence-electron chi connectivity index (χ0n) is 22.0. The normalized spacial score (nSPS) is 15.3. The number of hydrazine groups is 1. The molecular formula is C27H30FN5O6. The van der Waals surface area contributed by atoms with Gasteiger partial charge in [-0.15, -0.1) is 0 Å². The molecule has 0 unspecified atom stereocenters. The number of nitrogens with zero attached hydrogens (tertiary/aromatic N) is 3. The highest BCUT2D eigenvalue weighted by Crippen LogP contribution is 2.39. The van der Waals surface area contributed by atoms with Crippen LogP contribution in [0.4, 0.5) is 10.1 Å². The number of piperazine rings is 1. The number of hydrogen-bond donors (Lipinski definition) is 2. The summed E-state index contributed by atoms with van der Waals surface area (Å²) in [6.07, 6.45) is 3.30. The highest BCUT2D eigenvalue weighted by atomic mass is 19.1. The summed E-state index contributed by atoms with van der Waals surface area (Å²) in [4.78, 5) is 42.0. The lowest BCUT2D eigenvalue weighted by atomic mass is 10.1. The Labute approximate surface area is 223 Å². The van der Waals surface area contributed by atoms with Crippen molar-refractivity contribution in [1.82, 2.24) is 14.9 Å². The Morgan fingerprint density at radius 1 is 0.974 bits per heavy atom. The number of anilines is 1. The minimum Gasteiger partial charge on any atom is -0.493 e. The van der Waals surface area contributed by atoms with Gasteiger partial charge in [-0.05, 0) is 37.1 Å². The van der Waals surface area contributed by atoms with Crippen molar-refractivity contribution in [1.29, 1.82) is 0 Å². The van der Waals surface area contributed by atoms with Crippen molar-refractivity contribution in [2.45, 2.75) is 18.9 Å². The van der Waals surface area contributed by atoms with Gasteiger partial charge in [-0.3, -0.25) is 19.8 Å². The van der Waals surface area contributed by atoms with Gasteiger partial charge in [0.05, 0.1) is 32.5 Å². The van der Waals surface area contributed by atoms with Gasteiger partial charge in [0.1, 0.15) is 11.4 Å². The number of nitrogens with one attached hydrogen (secondary N) is 1. The first-order valence-electron chi connectivity index (χ1n) is 12.5. The van der Waals surface area contributed by atoms with E-state index in [1.165, 1.54) is 33.6 Å². The third kappa shape index (κ3) is 4.71. The zero-order chi connectivity index (χ0) is 27.8. The van der Waals surface area contributed by atoms with E-state index in [4.69, 9.17) is 20.1 Å². The van der Waals surface area contributed by atoms with Crippen molar-refractivity contribution in [3.63, 3.8) is 0 Å². The number of hydrogen-bond acceptors (Lipinski definition) is 8. The molecule has 2 heterocycles. The summed E-state index contributed by atoms with van der Waals surface area (Å²) in [6, 6.07) is 6.19. The number of methoxy groups -OCH3 is 3. The minimum absolute atomic E-state index is 0.122. The van der Waals surface area contributed by atoms with Crippen LogP contribution in [0.3, 0.4) is 0 Å². The van der Waals surface area contributed by atoms with E-state index in [0.29, 0.717) is 60.2 Å². The molecule has 0 radical (unpaired) electrons. The maximum Gasteiger partial charge on any atom is 0.270 e. The van der Waals surface area contributed by atoms with Crippen LogP contribution < -0.4 is 35.8 Å². The molecule has 2 aliphatic rings. The van der Waals surface area contributed by atoms with Crippen molar-refractivity contribution >= 4 is 28.4 Å². The van der Waals surface area contributed by atoms with E-state index < -0.39 is 17.2 Å². The van der Waals surface area contributed by atoms with Crippen LogP contribution in [0.2, 0.25) is 0 Å². The molecule has 0 spiro atoms. The molecule has 1 aliphatic heterocycles. The number of ether oxygens (including phenoxy) is 3. The van der Waals surface area contributed by atoms with Crippen LogP contribution in [0.15, 0.2) is 35.3 Å². The molecule has 3 aromatic rings. The molecule has 0 atom stereocenters. The van der Waals surface area contributed by atoms with Crippen molar-refractivity contribution in [3.05, 3.63) is 57.6 Å². The second-order valence-corrected chi connectivity index (χ2v) is 9.50. The number of carbonyl (C=O) groups excluding carboxylic acids is 2. The van der Waals surface area contributed by atoms with Gasteiger partial charge in [0, 0.05) is 49.4 Å². The van der Waals surface area contributed by atoms with E-state index in [1.807, 2.05) is 14.9 Å². The van der Waals surface area contributed by atoms with Gasteiger partial charge in [-0.1, -0.05) is 0 Å². The Morgan fingerprint density at radius 3 is 2.15 bits per heavy atom. The van der Waals surface area contributed by atoms with Crippen LogP contribution in [0.1, 0.15) is 39.6 Å². The Morgan fingerprint density at radius 2 is 1.62 bits per heavy atom. The van der Waals surface area contributed by atoms with E-state index in [1.54, 1.807) is 23.1 Å². The Balaban J connectivity index is 1.41. The van der Waals surface area contributed by atoms with E-state index in [2.05, 4.69) is 0 Å². The molecule has 1 saturated heterocycles. The molecule has 2 fully saturated rings. The largest absolute Gasteiger partial charge is 0.493 e. The van der Waals surface area contributed by atoms with Crippen LogP contribution in [0.25, 0.3) is 10.9 Å². The number of benzene rings is 2. The first-order valence-corrected chi connectivity index (χ1v) is 12.5. The second-order valence-electron chi connectivity index (χ2n) is 9.50. The number of pyridine rings is 1. The van der Waals surface area contributed by atoms with Crippen LogP contribution in [0, 0.1) is 5.82 Å². The molecule has 11 nitrogen and oxygen atoms in total. The lowest BCUT2D eigenvalue weighted by Gasteiger charge is -2.36. The van der Waals surface area contributed by atoms with Crippen molar-refractivity contribution in [2.75, 3.05) is 52.4 Å². The number of carbonyl (C=O) groups is 2. The van der Waals surface area contributed by atoms with Gasteiger partial charge in [-0.25, -0.2) is 10.2 Å². The van der Waals surface area contributed by atoms with Crippen molar-refractivity contribution in [2.24, 2.45) is 5.84 Å². The fourth-order valence-corrected chi connectivity index (χ4v) is 5.03. The lowest BCUT2D eigenvalue weighted by Crippen LogP contribution is -2.49. The third-order valence-electron chi connectivity index (χ3n) is 7.24. The van der Waals surface area contributed by atoms with Gasteiger partial charge in [0.15, 0.2) is 11.5 Å². The Bertz CT molecular complexity index is 1490. The molecule has 5 rings (SSSR count). The first-order chi connectivity index (χ1) is 18.8. The predicted molar refractivity (Wildman–Crippen MR) is 142 cm³/mol. The van der Waals surface area contributed by atoms with Crippen molar-refractivity contribution in [3.8, 4) is 17.2 Å². The van der Waals surface area contributed by atoms with E-state index in [-0.39, 0.29) is 22.9 Å². The minimum atomic E-state index is -0.714. The summed E-state index contributed by atoms with van der Waals surface area (Å²) in [7, 11) is 4.46. The summed E-state index contributed by atoms with van der Waals surface area (Å²) in [5.74, 6) is 4.91. The molecule has 12 heteroatoms. The first kappa shape index (κ1) is 26.3. The monoisotopic (exact) mass is 539 g/mol. The summed E-state index contributed by atoms with van der Waals surface area (Å²) in [5.41, 5.74) is 2.58. The van der Waals surface area contributed by atoms with Gasteiger partial charge in [-0.2, -0.15) is 0 Å². The van der Waals surface area contributed by atoms with Gasteiger partial charge < -0.3 is 28.6 Å². The average Bonchev–Trinajstić information content (AvgIpc) is 3.81. The Hall–Kier alpha value is -4.32. The van der Waals surface area contributed by atoms with Crippen LogP contribution >= 0.6 is 0 Å². The summed E-state index contributed by atoms with van der Waals surface area (Å²) >= 11 is 0. The molecule has 1 saturated carbocycles. The number of amides is 2. The quantitative estimate of drug-likeness (QED) is 0.265. The highest BCUT2D eigenvalue weighted by molar-refractivity contribution is 5.98. The zero-order valence-corrected chi connectivity index (χ0v) is 22.0. The van der Waals surface area contributed by atoms with Gasteiger partial charge in [0.25, 0.3) is 11.8 Å². The molecule has 0 bridgehead atoms. The standard InChI is InChI=1S/C27H30FN5O6/c1-37-22-10-15(11-23(38-2)25(22)39-3)27(36)32-8-6-31(7-9-32)21-13-20-17(12-19(21)28)24(34)18(26(35)30-29)14-33(20)16-4-5-16/h10-14,16H,4-9,29H2,1-3H3,(H,30,35).